The van der Waals surface area contributed by atoms with Gasteiger partial charge in [0, 0.05) is 32.3 Å². The molecule has 2 rings (SSSR count). The van der Waals surface area contributed by atoms with Crippen molar-refractivity contribution in [3.8, 4) is 5.75 Å². The van der Waals surface area contributed by atoms with Gasteiger partial charge in [-0.15, -0.1) is 0 Å². The van der Waals surface area contributed by atoms with Crippen molar-refractivity contribution in [2.75, 3.05) is 40.0 Å². The lowest BCUT2D eigenvalue weighted by Crippen LogP contribution is -2.36. The second-order valence-electron chi connectivity index (χ2n) is 5.75. The minimum absolute atomic E-state index is 0.267. The number of nitrogens with two attached hydrogens (primary N) is 1. The highest BCUT2D eigenvalue weighted by atomic mass is 16.5. The molecule has 0 spiro atoms. The summed E-state index contributed by atoms with van der Waals surface area (Å²) in [5.41, 5.74) is 7.27. The molecule has 1 heterocycles. The van der Waals surface area contributed by atoms with E-state index in [1.54, 1.807) is 0 Å². The third-order valence-corrected chi connectivity index (χ3v) is 4.22. The van der Waals surface area contributed by atoms with Crippen LogP contribution in [-0.2, 0) is 4.74 Å². The van der Waals surface area contributed by atoms with Gasteiger partial charge in [-0.1, -0.05) is 12.1 Å². The number of hydrogen-bond donors (Lipinski definition) is 1. The molecule has 0 aliphatic carbocycles. The lowest BCUT2D eigenvalue weighted by molar-refractivity contribution is 0.0507. The largest absolute Gasteiger partial charge is 0.494 e. The van der Waals surface area contributed by atoms with E-state index in [1.165, 1.54) is 5.56 Å². The fourth-order valence-electron chi connectivity index (χ4n) is 2.99. The Morgan fingerprint density at radius 2 is 1.95 bits per heavy atom. The van der Waals surface area contributed by atoms with Gasteiger partial charge in [-0.2, -0.15) is 0 Å². The summed E-state index contributed by atoms with van der Waals surface area (Å²) in [7, 11) is 2.17. The number of ether oxygens (including phenoxy) is 2. The Labute approximate surface area is 128 Å². The molecule has 0 bridgehead atoms. The minimum Gasteiger partial charge on any atom is -0.494 e. The molecular weight excluding hydrogens is 264 g/mol. The molecule has 1 saturated heterocycles. The van der Waals surface area contributed by atoms with E-state index < -0.39 is 0 Å². The predicted octanol–water partition coefficient (Wildman–Crippen LogP) is 2.44. The third-order valence-electron chi connectivity index (χ3n) is 4.22. The Morgan fingerprint density at radius 1 is 1.29 bits per heavy atom. The van der Waals surface area contributed by atoms with Crippen LogP contribution in [0.5, 0.6) is 5.75 Å². The SMILES string of the molecule is CCOc1ccc(C(CN)N(C)CC2CCOCC2)cc1. The van der Waals surface area contributed by atoms with E-state index in [4.69, 9.17) is 15.2 Å². The zero-order valence-electron chi connectivity index (χ0n) is 13.3. The van der Waals surface area contributed by atoms with Crippen LogP contribution in [0.1, 0.15) is 31.4 Å². The van der Waals surface area contributed by atoms with E-state index in [9.17, 15) is 0 Å². The highest BCUT2D eigenvalue weighted by Gasteiger charge is 2.21. The fraction of sp³-hybridized carbons (Fsp3) is 0.647. The molecule has 0 aromatic heterocycles. The van der Waals surface area contributed by atoms with Crippen molar-refractivity contribution >= 4 is 0 Å². The van der Waals surface area contributed by atoms with Crippen molar-refractivity contribution < 1.29 is 9.47 Å². The zero-order chi connectivity index (χ0) is 15.1. The summed E-state index contributed by atoms with van der Waals surface area (Å²) >= 11 is 0. The van der Waals surface area contributed by atoms with Crippen LogP contribution in [0.2, 0.25) is 0 Å². The molecule has 1 fully saturated rings. The Morgan fingerprint density at radius 3 is 2.52 bits per heavy atom. The molecular formula is C17H28N2O2. The van der Waals surface area contributed by atoms with Gasteiger partial charge in [0.25, 0.3) is 0 Å². The standard InChI is InChI=1S/C17H28N2O2/c1-3-21-16-6-4-15(5-7-16)17(12-18)19(2)13-14-8-10-20-11-9-14/h4-7,14,17H,3,8-13,18H2,1-2H3. The number of likely N-dealkylation sites (N-methyl/N-ethyl adjacent to an activating group) is 1. The minimum atomic E-state index is 0.267. The molecule has 4 heteroatoms. The summed E-state index contributed by atoms with van der Waals surface area (Å²) < 4.78 is 10.9. The summed E-state index contributed by atoms with van der Waals surface area (Å²) in [5.74, 6) is 1.64. The maximum absolute atomic E-state index is 6.01. The summed E-state index contributed by atoms with van der Waals surface area (Å²) in [4.78, 5) is 2.38. The van der Waals surface area contributed by atoms with Crippen LogP contribution in [0.4, 0.5) is 0 Å². The first-order chi connectivity index (χ1) is 10.2. The quantitative estimate of drug-likeness (QED) is 0.838. The van der Waals surface area contributed by atoms with Gasteiger partial charge in [0.15, 0.2) is 0 Å². The van der Waals surface area contributed by atoms with Crippen LogP contribution in [0.15, 0.2) is 24.3 Å². The van der Waals surface area contributed by atoms with Gasteiger partial charge in [0.2, 0.25) is 0 Å². The van der Waals surface area contributed by atoms with Gasteiger partial charge in [0.05, 0.1) is 6.61 Å². The van der Waals surface area contributed by atoms with E-state index in [0.717, 1.165) is 44.3 Å². The van der Waals surface area contributed by atoms with Crippen molar-refractivity contribution in [3.63, 3.8) is 0 Å². The molecule has 21 heavy (non-hydrogen) atoms. The van der Waals surface area contributed by atoms with Crippen LogP contribution in [-0.4, -0.2) is 44.9 Å². The highest BCUT2D eigenvalue weighted by Crippen LogP contribution is 2.24. The normalized spacial score (nSPS) is 17.9. The van der Waals surface area contributed by atoms with Crippen LogP contribution < -0.4 is 10.5 Å². The molecule has 1 atom stereocenters. The first-order valence-corrected chi connectivity index (χ1v) is 7.95. The van der Waals surface area contributed by atoms with Crippen molar-refractivity contribution in [1.29, 1.82) is 0 Å². The zero-order valence-corrected chi connectivity index (χ0v) is 13.3. The number of nitrogens with zero attached hydrogens (tertiary/aromatic N) is 1. The number of benzene rings is 1. The Bertz CT molecular complexity index is 402. The topological polar surface area (TPSA) is 47.7 Å². The molecule has 1 aliphatic rings. The van der Waals surface area contributed by atoms with Gasteiger partial charge in [-0.3, -0.25) is 4.90 Å². The van der Waals surface area contributed by atoms with Gasteiger partial charge >= 0.3 is 0 Å². The molecule has 0 amide bonds. The van der Waals surface area contributed by atoms with Crippen LogP contribution in [0, 0.1) is 5.92 Å². The van der Waals surface area contributed by atoms with Gasteiger partial charge in [-0.05, 0) is 50.4 Å². The predicted molar refractivity (Wildman–Crippen MR) is 85.6 cm³/mol. The smallest absolute Gasteiger partial charge is 0.119 e. The maximum atomic E-state index is 6.01. The van der Waals surface area contributed by atoms with Crippen molar-refractivity contribution in [2.45, 2.75) is 25.8 Å². The molecule has 1 unspecified atom stereocenters. The molecule has 1 aromatic rings. The number of rotatable bonds is 7. The van der Waals surface area contributed by atoms with E-state index in [-0.39, 0.29) is 6.04 Å². The van der Waals surface area contributed by atoms with E-state index in [2.05, 4.69) is 24.1 Å². The molecule has 118 valence electrons. The molecule has 2 N–H and O–H groups in total. The number of hydrogen-bond acceptors (Lipinski definition) is 4. The van der Waals surface area contributed by atoms with Crippen molar-refractivity contribution in [2.24, 2.45) is 11.7 Å². The molecule has 0 saturated carbocycles. The first kappa shape index (κ1) is 16.3. The van der Waals surface area contributed by atoms with Crippen LogP contribution in [0.3, 0.4) is 0 Å². The lowest BCUT2D eigenvalue weighted by Gasteiger charge is -2.32. The fourth-order valence-corrected chi connectivity index (χ4v) is 2.99. The van der Waals surface area contributed by atoms with Gasteiger partial charge < -0.3 is 15.2 Å². The molecule has 1 aliphatic heterocycles. The first-order valence-electron chi connectivity index (χ1n) is 7.95. The Hall–Kier alpha value is -1.10. The third kappa shape index (κ3) is 4.70. The second-order valence-corrected chi connectivity index (χ2v) is 5.75. The summed E-state index contributed by atoms with van der Waals surface area (Å²) in [5, 5.41) is 0. The average Bonchev–Trinajstić information content (AvgIpc) is 2.51. The lowest BCUT2D eigenvalue weighted by atomic mass is 9.98. The van der Waals surface area contributed by atoms with Gasteiger partial charge in [-0.25, -0.2) is 0 Å². The Kier molecular flexibility index (Phi) is 6.49. The van der Waals surface area contributed by atoms with Crippen LogP contribution >= 0.6 is 0 Å². The van der Waals surface area contributed by atoms with E-state index >= 15 is 0 Å². The second kappa shape index (κ2) is 8.37. The van der Waals surface area contributed by atoms with E-state index in [1.807, 2.05) is 19.1 Å². The Balaban J connectivity index is 1.96. The summed E-state index contributed by atoms with van der Waals surface area (Å²) in [6.07, 6.45) is 2.32. The average molecular weight is 292 g/mol. The summed E-state index contributed by atoms with van der Waals surface area (Å²) in [6.45, 7) is 6.21. The van der Waals surface area contributed by atoms with Crippen molar-refractivity contribution in [3.05, 3.63) is 29.8 Å². The van der Waals surface area contributed by atoms with Crippen LogP contribution in [0.25, 0.3) is 0 Å². The van der Waals surface area contributed by atoms with Crippen molar-refractivity contribution in [1.82, 2.24) is 4.90 Å². The molecule has 4 nitrogen and oxygen atoms in total. The summed E-state index contributed by atoms with van der Waals surface area (Å²) in [6, 6.07) is 8.59. The van der Waals surface area contributed by atoms with Gasteiger partial charge in [0.1, 0.15) is 5.75 Å². The maximum Gasteiger partial charge on any atom is 0.119 e. The van der Waals surface area contributed by atoms with E-state index in [0.29, 0.717) is 13.2 Å². The monoisotopic (exact) mass is 292 g/mol. The molecule has 1 aromatic carbocycles. The molecule has 0 radical (unpaired) electrons. The highest BCUT2D eigenvalue weighted by molar-refractivity contribution is 5.29.